The maximum Gasteiger partial charge on any atom is 0.342 e. The summed E-state index contributed by atoms with van der Waals surface area (Å²) in [5.74, 6) is -0.227. The minimum absolute atomic E-state index is 0.104. The van der Waals surface area contributed by atoms with Crippen molar-refractivity contribution in [2.75, 3.05) is 0 Å². The van der Waals surface area contributed by atoms with Gasteiger partial charge in [-0.25, -0.2) is 4.79 Å². The molecule has 0 bridgehead atoms. The Hall–Kier alpha value is -2.19. The van der Waals surface area contributed by atoms with Gasteiger partial charge in [0.15, 0.2) is 6.61 Å². The number of aryl methyl sites for hydroxylation is 1. The second-order valence-corrected chi connectivity index (χ2v) is 7.16. The fourth-order valence-corrected chi connectivity index (χ4v) is 3.17. The zero-order valence-electron chi connectivity index (χ0n) is 11.9. The van der Waals surface area contributed by atoms with E-state index in [2.05, 4.69) is 26.1 Å². The molecule has 0 amide bonds. The van der Waals surface area contributed by atoms with E-state index in [1.54, 1.807) is 12.1 Å². The fraction of sp³-hybridized carbons (Fsp3) is 0.133. The fourth-order valence-electron chi connectivity index (χ4n) is 1.86. The van der Waals surface area contributed by atoms with Crippen LogP contribution < -0.4 is 0 Å². The maximum absolute atomic E-state index is 12.0. The highest BCUT2D eigenvalue weighted by Gasteiger charge is 2.16. The summed E-state index contributed by atoms with van der Waals surface area (Å²) in [6.07, 6.45) is 0. The van der Waals surface area contributed by atoms with Crippen molar-refractivity contribution in [3.63, 3.8) is 0 Å². The van der Waals surface area contributed by atoms with Crippen molar-refractivity contribution in [1.29, 1.82) is 0 Å². The number of nitrogens with zero attached hydrogens (tertiary/aromatic N) is 2. The summed E-state index contributed by atoms with van der Waals surface area (Å²) >= 11 is 4.82. The highest BCUT2D eigenvalue weighted by molar-refractivity contribution is 9.11. The van der Waals surface area contributed by atoms with Crippen LogP contribution in [0.3, 0.4) is 0 Å². The molecule has 0 aliphatic carbocycles. The highest BCUT2D eigenvalue weighted by Crippen LogP contribution is 2.30. The van der Waals surface area contributed by atoms with Gasteiger partial charge in [-0.15, -0.1) is 21.5 Å². The lowest BCUT2D eigenvalue weighted by Gasteiger charge is -2.05. The number of rotatable bonds is 4. The molecule has 3 aromatic rings. The summed E-state index contributed by atoms with van der Waals surface area (Å²) in [7, 11) is 0. The van der Waals surface area contributed by atoms with E-state index < -0.39 is 5.97 Å². The molecule has 23 heavy (non-hydrogen) atoms. The van der Waals surface area contributed by atoms with Gasteiger partial charge in [0.25, 0.3) is 11.8 Å². The van der Waals surface area contributed by atoms with E-state index in [0.29, 0.717) is 5.89 Å². The average Bonchev–Trinajstić information content (AvgIpc) is 3.16. The number of phenols is 1. The highest BCUT2D eigenvalue weighted by atomic mass is 79.9. The van der Waals surface area contributed by atoms with Gasteiger partial charge >= 0.3 is 5.97 Å². The lowest BCUT2D eigenvalue weighted by atomic mass is 10.1. The first kappa shape index (κ1) is 15.7. The van der Waals surface area contributed by atoms with E-state index in [0.717, 1.165) is 14.2 Å². The molecule has 2 aromatic heterocycles. The number of aromatic hydroxyl groups is 1. The Morgan fingerprint density at radius 3 is 2.91 bits per heavy atom. The molecule has 0 aliphatic rings. The number of hydrogen-bond acceptors (Lipinski definition) is 7. The van der Waals surface area contributed by atoms with Crippen molar-refractivity contribution in [1.82, 2.24) is 10.2 Å². The second kappa shape index (κ2) is 6.51. The van der Waals surface area contributed by atoms with Gasteiger partial charge < -0.3 is 14.3 Å². The summed E-state index contributed by atoms with van der Waals surface area (Å²) in [4.78, 5) is 12.8. The van der Waals surface area contributed by atoms with E-state index >= 15 is 0 Å². The standard InChI is InChI=1S/C15H11BrN2O4S/c1-8-2-3-10(19)9(6-8)15(20)21-7-13-17-18-14(22-13)11-4-5-12(16)23-11/h2-6,19H,7H2,1H3. The van der Waals surface area contributed by atoms with Crippen molar-refractivity contribution in [3.05, 3.63) is 51.1 Å². The van der Waals surface area contributed by atoms with Gasteiger partial charge in [-0.3, -0.25) is 0 Å². The molecule has 6 nitrogen and oxygen atoms in total. The number of carbonyl (C=O) groups excluding carboxylic acids is 1. The van der Waals surface area contributed by atoms with Crippen LogP contribution in [0, 0.1) is 6.92 Å². The Morgan fingerprint density at radius 2 is 2.17 bits per heavy atom. The monoisotopic (exact) mass is 394 g/mol. The van der Waals surface area contributed by atoms with Crippen LogP contribution in [0.15, 0.2) is 38.5 Å². The zero-order valence-corrected chi connectivity index (χ0v) is 14.3. The lowest BCUT2D eigenvalue weighted by molar-refractivity contribution is 0.0435. The third-order valence-electron chi connectivity index (χ3n) is 2.95. The number of hydrogen-bond donors (Lipinski definition) is 1. The van der Waals surface area contributed by atoms with Crippen molar-refractivity contribution in [2.45, 2.75) is 13.5 Å². The van der Waals surface area contributed by atoms with E-state index in [1.807, 2.05) is 19.1 Å². The maximum atomic E-state index is 12.0. The number of phenolic OH excluding ortho intramolecular Hbond substituents is 1. The molecule has 0 radical (unpaired) electrons. The van der Waals surface area contributed by atoms with Crippen LogP contribution in [0.4, 0.5) is 0 Å². The average molecular weight is 395 g/mol. The summed E-state index contributed by atoms with van der Waals surface area (Å²) in [6, 6.07) is 8.44. The van der Waals surface area contributed by atoms with E-state index in [9.17, 15) is 9.90 Å². The number of thiophene rings is 1. The smallest absolute Gasteiger partial charge is 0.342 e. The molecule has 0 spiro atoms. The van der Waals surface area contributed by atoms with Crippen LogP contribution >= 0.6 is 27.3 Å². The van der Waals surface area contributed by atoms with Gasteiger partial charge in [0.2, 0.25) is 0 Å². The van der Waals surface area contributed by atoms with Gasteiger partial charge in [0.1, 0.15) is 11.3 Å². The van der Waals surface area contributed by atoms with Gasteiger partial charge in [-0.1, -0.05) is 11.6 Å². The molecule has 0 saturated heterocycles. The summed E-state index contributed by atoms with van der Waals surface area (Å²) in [6.45, 7) is 1.66. The normalized spacial score (nSPS) is 10.7. The molecule has 0 unspecified atom stereocenters. The molecule has 1 aromatic carbocycles. The van der Waals surface area contributed by atoms with E-state index in [-0.39, 0.29) is 23.8 Å². The van der Waals surface area contributed by atoms with Gasteiger partial charge in [-0.05, 0) is 47.1 Å². The Balaban J connectivity index is 1.68. The summed E-state index contributed by atoms with van der Waals surface area (Å²) in [5.41, 5.74) is 0.949. The molecule has 0 saturated carbocycles. The first-order valence-electron chi connectivity index (χ1n) is 6.58. The van der Waals surface area contributed by atoms with E-state index in [1.165, 1.54) is 17.4 Å². The number of esters is 1. The Kier molecular flexibility index (Phi) is 4.44. The largest absolute Gasteiger partial charge is 0.507 e. The molecular formula is C15H11BrN2O4S. The van der Waals surface area contributed by atoms with Crippen LogP contribution in [0.25, 0.3) is 10.8 Å². The van der Waals surface area contributed by atoms with Crippen LogP contribution in [0.2, 0.25) is 0 Å². The number of ether oxygens (including phenoxy) is 1. The van der Waals surface area contributed by atoms with Crippen LogP contribution in [-0.2, 0) is 11.3 Å². The molecular weight excluding hydrogens is 384 g/mol. The quantitative estimate of drug-likeness (QED) is 0.674. The third kappa shape index (κ3) is 3.59. The molecule has 8 heteroatoms. The number of halogens is 1. The number of benzene rings is 1. The molecule has 0 aliphatic heterocycles. The van der Waals surface area contributed by atoms with Gasteiger partial charge in [0, 0.05) is 0 Å². The first-order valence-corrected chi connectivity index (χ1v) is 8.18. The van der Waals surface area contributed by atoms with Crippen molar-refractivity contribution in [3.8, 4) is 16.5 Å². The third-order valence-corrected chi connectivity index (χ3v) is 4.56. The molecule has 118 valence electrons. The second-order valence-electron chi connectivity index (χ2n) is 4.70. The van der Waals surface area contributed by atoms with E-state index in [4.69, 9.17) is 9.15 Å². The van der Waals surface area contributed by atoms with Crippen molar-refractivity contribution >= 4 is 33.2 Å². The van der Waals surface area contributed by atoms with Crippen LogP contribution in [-0.4, -0.2) is 21.3 Å². The minimum atomic E-state index is -0.648. The molecule has 0 fully saturated rings. The zero-order chi connectivity index (χ0) is 16.4. The Bertz CT molecular complexity index is 859. The van der Waals surface area contributed by atoms with Gasteiger partial charge in [0.05, 0.1) is 8.66 Å². The number of carbonyl (C=O) groups is 1. The SMILES string of the molecule is Cc1ccc(O)c(C(=O)OCc2nnc(-c3ccc(Br)s3)o2)c1. The predicted octanol–water partition coefficient (Wildman–Crippen LogP) is 3.93. The summed E-state index contributed by atoms with van der Waals surface area (Å²) < 4.78 is 11.5. The Morgan fingerprint density at radius 1 is 1.35 bits per heavy atom. The molecule has 0 atom stereocenters. The molecule has 1 N–H and O–H groups in total. The lowest BCUT2D eigenvalue weighted by Crippen LogP contribution is -2.06. The van der Waals surface area contributed by atoms with Crippen molar-refractivity contribution < 1.29 is 19.1 Å². The topological polar surface area (TPSA) is 85.5 Å². The van der Waals surface area contributed by atoms with Crippen molar-refractivity contribution in [2.24, 2.45) is 0 Å². The van der Waals surface area contributed by atoms with Gasteiger partial charge in [-0.2, -0.15) is 0 Å². The first-order chi connectivity index (χ1) is 11.0. The number of aromatic nitrogens is 2. The molecule has 3 rings (SSSR count). The van der Waals surface area contributed by atoms with Crippen LogP contribution in [0.1, 0.15) is 21.8 Å². The predicted molar refractivity (Wildman–Crippen MR) is 87.3 cm³/mol. The Labute approximate surface area is 143 Å². The van der Waals surface area contributed by atoms with Crippen LogP contribution in [0.5, 0.6) is 5.75 Å². The minimum Gasteiger partial charge on any atom is -0.507 e. The molecule has 2 heterocycles. The summed E-state index contributed by atoms with van der Waals surface area (Å²) in [5, 5.41) is 17.5.